The maximum absolute atomic E-state index is 9.57. The number of aryl methyl sites for hydroxylation is 1. The average Bonchev–Trinajstić information content (AvgIpc) is 2.09. The standard InChI is InChI=1S/C12H18BrNO/c1-9-4-5-10(13)11(8-9)14-7-6-12(2,3)15/h4-5,8,14-15H,6-7H2,1-3H3. The summed E-state index contributed by atoms with van der Waals surface area (Å²) >= 11 is 3.49. The third-order valence-corrected chi connectivity index (χ3v) is 2.87. The quantitative estimate of drug-likeness (QED) is 0.881. The Kier molecular flexibility index (Phi) is 4.17. The fourth-order valence-electron chi connectivity index (χ4n) is 1.28. The minimum absolute atomic E-state index is 0.608. The lowest BCUT2D eigenvalue weighted by atomic mass is 10.1. The second-order valence-electron chi connectivity index (χ2n) is 4.47. The van der Waals surface area contributed by atoms with E-state index in [1.54, 1.807) is 0 Å². The molecule has 0 aliphatic heterocycles. The molecule has 0 radical (unpaired) electrons. The molecule has 0 unspecified atom stereocenters. The highest BCUT2D eigenvalue weighted by atomic mass is 79.9. The van der Waals surface area contributed by atoms with Gasteiger partial charge in [-0.15, -0.1) is 0 Å². The summed E-state index contributed by atoms with van der Waals surface area (Å²) in [6.45, 7) is 6.47. The van der Waals surface area contributed by atoms with Gasteiger partial charge in [0.15, 0.2) is 0 Å². The van der Waals surface area contributed by atoms with Crippen LogP contribution in [0.4, 0.5) is 5.69 Å². The van der Waals surface area contributed by atoms with Crippen molar-refractivity contribution in [3.8, 4) is 0 Å². The smallest absolute Gasteiger partial charge is 0.0608 e. The molecule has 0 aromatic heterocycles. The molecule has 0 bridgehead atoms. The Balaban J connectivity index is 2.54. The van der Waals surface area contributed by atoms with Crippen molar-refractivity contribution < 1.29 is 5.11 Å². The largest absolute Gasteiger partial charge is 0.390 e. The van der Waals surface area contributed by atoms with Crippen LogP contribution in [0.1, 0.15) is 25.8 Å². The van der Waals surface area contributed by atoms with Gasteiger partial charge < -0.3 is 10.4 Å². The maximum atomic E-state index is 9.57. The van der Waals surface area contributed by atoms with Crippen LogP contribution in [0.5, 0.6) is 0 Å². The van der Waals surface area contributed by atoms with E-state index in [1.165, 1.54) is 5.56 Å². The zero-order valence-electron chi connectivity index (χ0n) is 9.47. The SMILES string of the molecule is Cc1ccc(Br)c(NCCC(C)(C)O)c1. The molecule has 84 valence electrons. The normalized spacial score (nSPS) is 11.5. The number of halogens is 1. The Bertz CT molecular complexity index is 331. The molecule has 0 saturated heterocycles. The van der Waals surface area contributed by atoms with E-state index in [0.29, 0.717) is 0 Å². The van der Waals surface area contributed by atoms with Gasteiger partial charge in [-0.1, -0.05) is 6.07 Å². The summed E-state index contributed by atoms with van der Waals surface area (Å²) in [5, 5.41) is 12.9. The van der Waals surface area contributed by atoms with Gasteiger partial charge in [0.05, 0.1) is 5.60 Å². The molecule has 0 heterocycles. The highest BCUT2D eigenvalue weighted by molar-refractivity contribution is 9.10. The number of aliphatic hydroxyl groups is 1. The summed E-state index contributed by atoms with van der Waals surface area (Å²) < 4.78 is 1.06. The minimum atomic E-state index is -0.608. The molecule has 1 aromatic carbocycles. The summed E-state index contributed by atoms with van der Waals surface area (Å²) in [5.41, 5.74) is 1.70. The third-order valence-electron chi connectivity index (χ3n) is 2.17. The van der Waals surface area contributed by atoms with Crippen molar-refractivity contribution in [2.75, 3.05) is 11.9 Å². The average molecular weight is 272 g/mol. The number of hydrogen-bond acceptors (Lipinski definition) is 2. The molecule has 15 heavy (non-hydrogen) atoms. The third kappa shape index (κ3) is 4.67. The molecule has 0 saturated carbocycles. The van der Waals surface area contributed by atoms with Gasteiger partial charge in [-0.2, -0.15) is 0 Å². The predicted octanol–water partition coefficient (Wildman–Crippen LogP) is 3.33. The number of anilines is 1. The molecule has 0 aliphatic carbocycles. The van der Waals surface area contributed by atoms with E-state index in [0.717, 1.165) is 23.1 Å². The zero-order chi connectivity index (χ0) is 11.5. The monoisotopic (exact) mass is 271 g/mol. The van der Waals surface area contributed by atoms with E-state index in [9.17, 15) is 5.11 Å². The number of hydrogen-bond donors (Lipinski definition) is 2. The first-order valence-corrected chi connectivity index (χ1v) is 5.90. The first-order chi connectivity index (χ1) is 6.88. The Morgan fingerprint density at radius 2 is 2.07 bits per heavy atom. The molecule has 0 fully saturated rings. The van der Waals surface area contributed by atoms with Gasteiger partial charge in [-0.05, 0) is 60.8 Å². The van der Waals surface area contributed by atoms with Gasteiger partial charge in [0.25, 0.3) is 0 Å². The molecule has 1 aromatic rings. The predicted molar refractivity (Wildman–Crippen MR) is 68.3 cm³/mol. The lowest BCUT2D eigenvalue weighted by Gasteiger charge is -2.18. The van der Waals surface area contributed by atoms with E-state index in [4.69, 9.17) is 0 Å². The second-order valence-corrected chi connectivity index (χ2v) is 5.33. The van der Waals surface area contributed by atoms with Crippen LogP contribution < -0.4 is 5.32 Å². The van der Waals surface area contributed by atoms with Crippen LogP contribution in [0, 0.1) is 6.92 Å². The van der Waals surface area contributed by atoms with E-state index >= 15 is 0 Å². The lowest BCUT2D eigenvalue weighted by Crippen LogP contribution is -2.22. The van der Waals surface area contributed by atoms with Gasteiger partial charge in [-0.25, -0.2) is 0 Å². The summed E-state index contributed by atoms with van der Waals surface area (Å²) in [4.78, 5) is 0. The highest BCUT2D eigenvalue weighted by Crippen LogP contribution is 2.23. The second kappa shape index (κ2) is 4.99. The van der Waals surface area contributed by atoms with Gasteiger partial charge >= 0.3 is 0 Å². The minimum Gasteiger partial charge on any atom is -0.390 e. The summed E-state index contributed by atoms with van der Waals surface area (Å²) in [6, 6.07) is 6.18. The van der Waals surface area contributed by atoms with Crippen LogP contribution in [0.15, 0.2) is 22.7 Å². The first-order valence-electron chi connectivity index (χ1n) is 5.11. The molecule has 3 heteroatoms. The van der Waals surface area contributed by atoms with Crippen molar-refractivity contribution in [1.82, 2.24) is 0 Å². The molecule has 2 N–H and O–H groups in total. The summed E-state index contributed by atoms with van der Waals surface area (Å²) in [7, 11) is 0. The Hall–Kier alpha value is -0.540. The van der Waals surface area contributed by atoms with Crippen molar-refractivity contribution >= 4 is 21.6 Å². The van der Waals surface area contributed by atoms with E-state index < -0.39 is 5.60 Å². The number of benzene rings is 1. The van der Waals surface area contributed by atoms with Crippen molar-refractivity contribution in [3.63, 3.8) is 0 Å². The van der Waals surface area contributed by atoms with Gasteiger partial charge in [0.2, 0.25) is 0 Å². The molecule has 1 rings (SSSR count). The summed E-state index contributed by atoms with van der Waals surface area (Å²) in [6.07, 6.45) is 0.730. The van der Waals surface area contributed by atoms with Crippen LogP contribution in [0.25, 0.3) is 0 Å². The molecule has 0 spiro atoms. The van der Waals surface area contributed by atoms with Crippen molar-refractivity contribution in [2.45, 2.75) is 32.8 Å². The molecule has 0 amide bonds. The fraction of sp³-hybridized carbons (Fsp3) is 0.500. The van der Waals surface area contributed by atoms with Crippen molar-refractivity contribution in [3.05, 3.63) is 28.2 Å². The van der Waals surface area contributed by atoms with Crippen molar-refractivity contribution in [1.29, 1.82) is 0 Å². The van der Waals surface area contributed by atoms with Crippen molar-refractivity contribution in [2.24, 2.45) is 0 Å². The Labute approximate surface area is 99.8 Å². The summed E-state index contributed by atoms with van der Waals surface area (Å²) in [5.74, 6) is 0. The maximum Gasteiger partial charge on any atom is 0.0608 e. The molecule has 0 atom stereocenters. The number of rotatable bonds is 4. The van der Waals surface area contributed by atoms with E-state index in [1.807, 2.05) is 19.9 Å². The van der Waals surface area contributed by atoms with Crippen LogP contribution in [-0.2, 0) is 0 Å². The highest BCUT2D eigenvalue weighted by Gasteiger charge is 2.11. The van der Waals surface area contributed by atoms with Gasteiger partial charge in [0, 0.05) is 16.7 Å². The number of nitrogens with one attached hydrogen (secondary N) is 1. The van der Waals surface area contributed by atoms with Crippen LogP contribution >= 0.6 is 15.9 Å². The lowest BCUT2D eigenvalue weighted by molar-refractivity contribution is 0.0749. The van der Waals surface area contributed by atoms with Crippen LogP contribution in [-0.4, -0.2) is 17.3 Å². The molecule has 2 nitrogen and oxygen atoms in total. The van der Waals surface area contributed by atoms with Gasteiger partial charge in [-0.3, -0.25) is 0 Å². The Morgan fingerprint density at radius 1 is 1.40 bits per heavy atom. The van der Waals surface area contributed by atoms with E-state index in [-0.39, 0.29) is 0 Å². The fourth-order valence-corrected chi connectivity index (χ4v) is 1.66. The molecule has 0 aliphatic rings. The zero-order valence-corrected chi connectivity index (χ0v) is 11.1. The van der Waals surface area contributed by atoms with E-state index in [2.05, 4.69) is 40.3 Å². The topological polar surface area (TPSA) is 32.3 Å². The van der Waals surface area contributed by atoms with Gasteiger partial charge in [0.1, 0.15) is 0 Å². The molecular weight excluding hydrogens is 254 g/mol. The van der Waals surface area contributed by atoms with Crippen LogP contribution in [0.2, 0.25) is 0 Å². The van der Waals surface area contributed by atoms with Crippen LogP contribution in [0.3, 0.4) is 0 Å². The Morgan fingerprint density at radius 3 is 2.67 bits per heavy atom. The molecular formula is C12H18BrNO. The first kappa shape index (κ1) is 12.5.